The molecule has 0 aliphatic carbocycles. The van der Waals surface area contributed by atoms with Crippen LogP contribution in [0.5, 0.6) is 0 Å². The Balaban J connectivity index is 2.22. The Kier molecular flexibility index (Phi) is 4.72. The monoisotopic (exact) mass is 280 g/mol. The number of halogens is 1. The predicted molar refractivity (Wildman–Crippen MR) is 82.8 cm³/mol. The van der Waals surface area contributed by atoms with Gasteiger partial charge in [-0.25, -0.2) is 0 Å². The minimum absolute atomic E-state index is 0.441. The lowest BCUT2D eigenvalue weighted by atomic mass is 10.2. The van der Waals surface area contributed by atoms with E-state index in [0.717, 1.165) is 33.1 Å². The number of hydrogen-bond donors (Lipinski definition) is 1. The predicted octanol–water partition coefficient (Wildman–Crippen LogP) is 4.44. The molecule has 1 aromatic heterocycles. The van der Waals surface area contributed by atoms with Gasteiger partial charge in [-0.3, -0.25) is 4.98 Å². The molecule has 0 amide bonds. The van der Waals surface area contributed by atoms with Crippen LogP contribution in [0.2, 0.25) is 5.02 Å². The summed E-state index contributed by atoms with van der Waals surface area (Å²) in [5.41, 5.74) is 2.06. The molecule has 0 bridgehead atoms. The van der Waals surface area contributed by atoms with Crippen molar-refractivity contribution in [1.29, 1.82) is 0 Å². The summed E-state index contributed by atoms with van der Waals surface area (Å²) in [7, 11) is 0. The van der Waals surface area contributed by atoms with Crippen molar-refractivity contribution in [3.05, 3.63) is 35.5 Å². The van der Waals surface area contributed by atoms with Crippen molar-refractivity contribution >= 4 is 40.0 Å². The van der Waals surface area contributed by atoms with Crippen molar-refractivity contribution in [3.8, 4) is 0 Å². The molecule has 1 N–H and O–H groups in total. The summed E-state index contributed by atoms with van der Waals surface area (Å²) in [5, 5.41) is 5.38. The quantitative estimate of drug-likeness (QED) is 0.876. The van der Waals surface area contributed by atoms with Crippen molar-refractivity contribution in [2.75, 3.05) is 16.8 Å². The summed E-state index contributed by atoms with van der Waals surface area (Å²) in [6, 6.07) is 8.28. The maximum absolute atomic E-state index is 5.98. The van der Waals surface area contributed by atoms with E-state index in [4.69, 9.17) is 11.6 Å². The second-order valence-corrected chi connectivity index (χ2v) is 5.98. The second kappa shape index (κ2) is 6.30. The fourth-order valence-electron chi connectivity index (χ4n) is 1.85. The molecular formula is C14H17ClN2S. The van der Waals surface area contributed by atoms with E-state index >= 15 is 0 Å². The van der Waals surface area contributed by atoms with E-state index in [2.05, 4.69) is 24.1 Å². The Morgan fingerprint density at radius 2 is 2.22 bits per heavy atom. The van der Waals surface area contributed by atoms with E-state index in [1.807, 2.05) is 42.2 Å². The van der Waals surface area contributed by atoms with Gasteiger partial charge in [0.2, 0.25) is 0 Å². The van der Waals surface area contributed by atoms with Gasteiger partial charge in [0.1, 0.15) is 0 Å². The first kappa shape index (κ1) is 13.5. The third kappa shape index (κ3) is 3.30. The fraction of sp³-hybridized carbons (Fsp3) is 0.357. The Morgan fingerprint density at radius 1 is 1.39 bits per heavy atom. The molecule has 96 valence electrons. The third-order valence-corrected chi connectivity index (χ3v) is 4.06. The van der Waals surface area contributed by atoms with E-state index in [-0.39, 0.29) is 0 Å². The van der Waals surface area contributed by atoms with Gasteiger partial charge in [-0.1, -0.05) is 18.5 Å². The Morgan fingerprint density at radius 3 is 3.00 bits per heavy atom. The molecule has 1 unspecified atom stereocenters. The molecular weight excluding hydrogens is 264 g/mol. The van der Waals surface area contributed by atoms with Gasteiger partial charge in [-0.05, 0) is 36.9 Å². The molecule has 0 spiro atoms. The lowest BCUT2D eigenvalue weighted by molar-refractivity contribution is 0.915. The number of nitrogens with zero attached hydrogens (tertiary/aromatic N) is 1. The molecule has 0 saturated heterocycles. The van der Waals surface area contributed by atoms with Crippen LogP contribution in [-0.2, 0) is 0 Å². The second-order valence-electron chi connectivity index (χ2n) is 4.22. The van der Waals surface area contributed by atoms with Gasteiger partial charge in [0.05, 0.1) is 5.52 Å². The molecule has 2 aromatic rings. The summed E-state index contributed by atoms with van der Waals surface area (Å²) < 4.78 is 0. The highest BCUT2D eigenvalue weighted by Crippen LogP contribution is 2.25. The molecule has 2 nitrogen and oxygen atoms in total. The number of benzene rings is 1. The number of nitrogens with one attached hydrogen (secondary N) is 1. The highest BCUT2D eigenvalue weighted by atomic mass is 35.5. The maximum Gasteiger partial charge on any atom is 0.0737 e. The van der Waals surface area contributed by atoms with Gasteiger partial charge < -0.3 is 5.32 Å². The van der Waals surface area contributed by atoms with Crippen molar-refractivity contribution < 1.29 is 0 Å². The highest BCUT2D eigenvalue weighted by Gasteiger charge is 2.06. The minimum Gasteiger partial charge on any atom is -0.381 e. The molecule has 1 aromatic carbocycles. The summed E-state index contributed by atoms with van der Waals surface area (Å²) in [6.45, 7) is 4.38. The lowest BCUT2D eigenvalue weighted by Gasteiger charge is -2.16. The molecule has 0 aliphatic rings. The molecule has 0 radical (unpaired) electrons. The summed E-state index contributed by atoms with van der Waals surface area (Å²) in [4.78, 5) is 4.34. The largest absolute Gasteiger partial charge is 0.381 e. The molecule has 1 heterocycles. The van der Waals surface area contributed by atoms with Crippen LogP contribution in [0.15, 0.2) is 30.5 Å². The van der Waals surface area contributed by atoms with Gasteiger partial charge in [0.15, 0.2) is 0 Å². The number of pyridine rings is 1. The van der Waals surface area contributed by atoms with E-state index in [9.17, 15) is 0 Å². The average molecular weight is 281 g/mol. The van der Waals surface area contributed by atoms with Crippen LogP contribution in [0.4, 0.5) is 5.69 Å². The van der Waals surface area contributed by atoms with Crippen molar-refractivity contribution in [2.24, 2.45) is 0 Å². The standard InChI is InChI=1S/C14H17ClN2S/c1-3-18-9-10(2)17-13-6-7-16-14-8-11(15)4-5-12(13)14/h4-8,10H,3,9H2,1-2H3,(H,16,17). The Bertz CT molecular complexity index is 530. The van der Waals surface area contributed by atoms with E-state index in [0.29, 0.717) is 6.04 Å². The maximum atomic E-state index is 5.98. The summed E-state index contributed by atoms with van der Waals surface area (Å²) >= 11 is 7.93. The average Bonchev–Trinajstić information content (AvgIpc) is 2.36. The van der Waals surface area contributed by atoms with Crippen molar-refractivity contribution in [3.63, 3.8) is 0 Å². The zero-order valence-electron chi connectivity index (χ0n) is 10.6. The number of fused-ring (bicyclic) bond motifs is 1. The number of rotatable bonds is 5. The van der Waals surface area contributed by atoms with Crippen LogP contribution in [0.3, 0.4) is 0 Å². The number of aromatic nitrogens is 1. The molecule has 0 aliphatic heterocycles. The SMILES string of the molecule is CCSCC(C)Nc1ccnc2cc(Cl)ccc12. The van der Waals surface area contributed by atoms with Gasteiger partial charge >= 0.3 is 0 Å². The van der Waals surface area contributed by atoms with Gasteiger partial charge in [-0.15, -0.1) is 0 Å². The van der Waals surface area contributed by atoms with Crippen LogP contribution in [0.25, 0.3) is 10.9 Å². The van der Waals surface area contributed by atoms with Crippen LogP contribution in [0, 0.1) is 0 Å². The molecule has 4 heteroatoms. The normalized spacial score (nSPS) is 12.6. The topological polar surface area (TPSA) is 24.9 Å². The highest BCUT2D eigenvalue weighted by molar-refractivity contribution is 7.99. The zero-order valence-corrected chi connectivity index (χ0v) is 12.2. The Hall–Kier alpha value is -0.930. The van der Waals surface area contributed by atoms with E-state index < -0.39 is 0 Å². The molecule has 1 atom stereocenters. The van der Waals surface area contributed by atoms with Gasteiger partial charge in [0, 0.05) is 34.1 Å². The molecule has 0 fully saturated rings. The van der Waals surface area contributed by atoms with E-state index in [1.165, 1.54) is 0 Å². The van der Waals surface area contributed by atoms with Crippen molar-refractivity contribution in [2.45, 2.75) is 19.9 Å². The smallest absolute Gasteiger partial charge is 0.0737 e. The van der Waals surface area contributed by atoms with Crippen LogP contribution in [-0.4, -0.2) is 22.5 Å². The molecule has 18 heavy (non-hydrogen) atoms. The fourth-order valence-corrected chi connectivity index (χ4v) is 2.69. The van der Waals surface area contributed by atoms with Gasteiger partial charge in [-0.2, -0.15) is 11.8 Å². The van der Waals surface area contributed by atoms with Crippen LogP contribution >= 0.6 is 23.4 Å². The lowest BCUT2D eigenvalue weighted by Crippen LogP contribution is -2.18. The number of thioether (sulfide) groups is 1. The minimum atomic E-state index is 0.441. The van der Waals surface area contributed by atoms with Gasteiger partial charge in [0.25, 0.3) is 0 Å². The third-order valence-electron chi connectivity index (χ3n) is 2.68. The first-order chi connectivity index (χ1) is 8.70. The van der Waals surface area contributed by atoms with E-state index in [1.54, 1.807) is 0 Å². The summed E-state index contributed by atoms with van der Waals surface area (Å²) in [6.07, 6.45) is 1.82. The first-order valence-electron chi connectivity index (χ1n) is 6.09. The number of anilines is 1. The Labute approximate surface area is 117 Å². The van der Waals surface area contributed by atoms with Crippen LogP contribution < -0.4 is 5.32 Å². The van der Waals surface area contributed by atoms with Crippen molar-refractivity contribution in [1.82, 2.24) is 4.98 Å². The summed E-state index contributed by atoms with van der Waals surface area (Å²) in [5.74, 6) is 2.26. The van der Waals surface area contributed by atoms with Crippen LogP contribution in [0.1, 0.15) is 13.8 Å². The zero-order chi connectivity index (χ0) is 13.0. The number of hydrogen-bond acceptors (Lipinski definition) is 3. The molecule has 2 rings (SSSR count). The molecule has 0 saturated carbocycles. The first-order valence-corrected chi connectivity index (χ1v) is 7.62.